The van der Waals surface area contributed by atoms with E-state index < -0.39 is 0 Å². The lowest BCUT2D eigenvalue weighted by Crippen LogP contribution is -3.00. The number of ether oxygens (including phenoxy) is 2. The number of nitrogens with zero attached hydrogens (tertiary/aromatic N) is 2. The van der Waals surface area contributed by atoms with Gasteiger partial charge in [-0.1, -0.05) is 168 Å². The number of hydrogen-bond acceptors (Lipinski definition) is 2. The lowest BCUT2D eigenvalue weighted by Gasteiger charge is -2.07. The van der Waals surface area contributed by atoms with Gasteiger partial charge in [0.2, 0.25) is 0 Å². The van der Waals surface area contributed by atoms with Crippen LogP contribution in [0.15, 0.2) is 49.1 Å². The topological polar surface area (TPSA) is 26.2 Å². The lowest BCUT2D eigenvalue weighted by atomic mass is 10.0. The van der Waals surface area contributed by atoms with E-state index in [4.69, 9.17) is 9.47 Å². The van der Waals surface area contributed by atoms with E-state index in [2.05, 4.69) is 72.0 Å². The minimum absolute atomic E-state index is 0. The largest absolute Gasteiger partial charge is 1.00 e. The molecule has 2 rings (SSSR count). The van der Waals surface area contributed by atoms with Gasteiger partial charge in [-0.2, -0.15) is 0 Å². The summed E-state index contributed by atoms with van der Waals surface area (Å²) in [6, 6.07) is 8.50. The predicted octanol–water partition coefficient (Wildman–Crippen LogP) is 8.25. The first-order chi connectivity index (χ1) is 25.8. The van der Waals surface area contributed by atoms with Crippen molar-refractivity contribution in [2.45, 2.75) is 232 Å². The van der Waals surface area contributed by atoms with Gasteiger partial charge in [-0.3, -0.25) is 0 Å². The van der Waals surface area contributed by atoms with Gasteiger partial charge in [-0.15, -0.1) is 0 Å². The van der Waals surface area contributed by atoms with Gasteiger partial charge in [0.15, 0.2) is 24.8 Å². The highest BCUT2D eigenvalue weighted by Crippen LogP contribution is 2.15. The molecule has 0 radical (unpaired) electrons. The SMILES string of the molecule is CCCCCCCCCCCCCCCC[n+]1ccc(OCCCCCCOc2cc[n+](CCCCCCCCCCCCCCCC)cc2)cc1.[Br-].[Br-]. The fourth-order valence-electron chi connectivity index (χ4n) is 7.29. The summed E-state index contributed by atoms with van der Waals surface area (Å²) in [5.74, 6) is 1.98. The van der Waals surface area contributed by atoms with Crippen molar-refractivity contribution in [3.8, 4) is 11.5 Å². The molecule has 2 heterocycles. The monoisotopic (exact) mass is 881 g/mol. The molecule has 0 saturated heterocycles. The van der Waals surface area contributed by atoms with Gasteiger partial charge < -0.3 is 43.4 Å². The summed E-state index contributed by atoms with van der Waals surface area (Å²) < 4.78 is 16.6. The maximum atomic E-state index is 6.01. The maximum Gasteiger partial charge on any atom is 0.172 e. The smallest absolute Gasteiger partial charge is 0.172 e. The van der Waals surface area contributed by atoms with Gasteiger partial charge in [-0.05, 0) is 38.5 Å². The molecule has 0 N–H and O–H groups in total. The summed E-state index contributed by atoms with van der Waals surface area (Å²) in [5.41, 5.74) is 0. The Morgan fingerprint density at radius 1 is 0.315 bits per heavy atom. The van der Waals surface area contributed by atoms with Gasteiger partial charge in [0.1, 0.15) is 24.6 Å². The average molecular weight is 883 g/mol. The number of hydrogen-bond donors (Lipinski definition) is 0. The van der Waals surface area contributed by atoms with E-state index in [1.165, 1.54) is 193 Å². The second-order valence-electron chi connectivity index (χ2n) is 15.8. The summed E-state index contributed by atoms with van der Waals surface area (Å²) in [4.78, 5) is 0. The van der Waals surface area contributed by atoms with Crippen molar-refractivity contribution in [1.29, 1.82) is 0 Å². The minimum Gasteiger partial charge on any atom is -1.00 e. The second-order valence-corrected chi connectivity index (χ2v) is 15.8. The molecule has 0 aliphatic carbocycles. The van der Waals surface area contributed by atoms with E-state index in [1.807, 2.05) is 0 Å². The summed E-state index contributed by atoms with van der Waals surface area (Å²) in [6.07, 6.45) is 52.8. The van der Waals surface area contributed by atoms with Crippen LogP contribution in [0, 0.1) is 0 Å². The van der Waals surface area contributed by atoms with Crippen molar-refractivity contribution < 1.29 is 52.6 Å². The lowest BCUT2D eigenvalue weighted by molar-refractivity contribution is -0.697. The third-order valence-corrected chi connectivity index (χ3v) is 10.8. The van der Waals surface area contributed by atoms with Gasteiger partial charge in [0, 0.05) is 37.1 Å². The summed E-state index contributed by atoms with van der Waals surface area (Å²) in [5, 5.41) is 0. The van der Waals surface area contributed by atoms with Crippen LogP contribution in [0.3, 0.4) is 0 Å². The summed E-state index contributed by atoms with van der Waals surface area (Å²) in [6.45, 7) is 8.41. The Hall–Kier alpha value is -1.14. The highest BCUT2D eigenvalue weighted by atomic mass is 79.9. The molecule has 0 bridgehead atoms. The predicted molar refractivity (Wildman–Crippen MR) is 223 cm³/mol. The van der Waals surface area contributed by atoms with Gasteiger partial charge in [0.05, 0.1) is 13.2 Å². The molecule has 0 aliphatic rings. The van der Waals surface area contributed by atoms with E-state index >= 15 is 0 Å². The van der Waals surface area contributed by atoms with Crippen LogP contribution in [-0.2, 0) is 13.1 Å². The molecule has 6 heteroatoms. The average Bonchev–Trinajstić information content (AvgIpc) is 3.17. The van der Waals surface area contributed by atoms with Crippen LogP contribution in [0.2, 0.25) is 0 Å². The first-order valence-corrected chi connectivity index (χ1v) is 23.1. The standard InChI is InChI=1S/C48H86N2O2.2BrH/c1-3-5-7-9-11-13-15-17-19-21-23-25-27-31-39-49-41-35-47(36-42-49)51-45-33-29-30-34-46-52-48-37-43-50(44-38-48)40-32-28-26-24-22-20-18-16-14-12-10-8-6-4-2;;/h35-38,41-44H,3-34,39-40,45-46H2,1-2H3;2*1H/q+2;;/p-2. The third kappa shape index (κ3) is 33.0. The van der Waals surface area contributed by atoms with Crippen molar-refractivity contribution in [2.75, 3.05) is 13.2 Å². The Labute approximate surface area is 356 Å². The number of unbranched alkanes of at least 4 members (excludes halogenated alkanes) is 29. The highest BCUT2D eigenvalue weighted by molar-refractivity contribution is 5.15. The molecule has 0 aliphatic heterocycles. The van der Waals surface area contributed by atoms with Crippen molar-refractivity contribution >= 4 is 0 Å². The van der Waals surface area contributed by atoms with Crippen molar-refractivity contribution in [3.05, 3.63) is 49.1 Å². The van der Waals surface area contributed by atoms with Crippen LogP contribution in [0.4, 0.5) is 0 Å². The third-order valence-electron chi connectivity index (χ3n) is 10.8. The van der Waals surface area contributed by atoms with Crippen molar-refractivity contribution in [2.24, 2.45) is 0 Å². The van der Waals surface area contributed by atoms with Crippen LogP contribution in [0.5, 0.6) is 11.5 Å². The van der Waals surface area contributed by atoms with Gasteiger partial charge >= 0.3 is 0 Å². The molecule has 4 nitrogen and oxygen atoms in total. The van der Waals surface area contributed by atoms with Crippen LogP contribution < -0.4 is 52.6 Å². The molecule has 314 valence electrons. The van der Waals surface area contributed by atoms with Crippen LogP contribution in [-0.4, -0.2) is 13.2 Å². The molecule has 0 spiro atoms. The summed E-state index contributed by atoms with van der Waals surface area (Å²) in [7, 11) is 0. The van der Waals surface area contributed by atoms with Crippen LogP contribution in [0.1, 0.15) is 219 Å². The molecule has 0 unspecified atom stereocenters. The molecule has 0 aromatic carbocycles. The van der Waals surface area contributed by atoms with Crippen molar-refractivity contribution in [3.63, 3.8) is 0 Å². The summed E-state index contributed by atoms with van der Waals surface area (Å²) >= 11 is 0. The number of rotatable bonds is 39. The van der Waals surface area contributed by atoms with E-state index in [0.717, 1.165) is 50.6 Å². The minimum atomic E-state index is 0. The zero-order valence-corrected chi connectivity index (χ0v) is 38.7. The van der Waals surface area contributed by atoms with Crippen molar-refractivity contribution in [1.82, 2.24) is 0 Å². The molecule has 2 aromatic heterocycles. The fraction of sp³-hybridized carbons (Fsp3) is 0.792. The molecular formula is C48H86Br2N2O2. The van der Waals surface area contributed by atoms with Crippen LogP contribution in [0.25, 0.3) is 0 Å². The first kappa shape index (κ1) is 52.9. The Kier molecular flexibility index (Phi) is 40.6. The molecular weight excluding hydrogens is 796 g/mol. The zero-order chi connectivity index (χ0) is 36.8. The number of halogens is 2. The maximum absolute atomic E-state index is 6.01. The van der Waals surface area contributed by atoms with E-state index in [9.17, 15) is 0 Å². The van der Waals surface area contributed by atoms with E-state index in [0.29, 0.717) is 0 Å². The molecule has 0 amide bonds. The van der Waals surface area contributed by atoms with E-state index in [-0.39, 0.29) is 34.0 Å². The Balaban J connectivity index is 0.0000140. The highest BCUT2D eigenvalue weighted by Gasteiger charge is 2.04. The number of pyridine rings is 2. The Bertz CT molecular complexity index is 923. The first-order valence-electron chi connectivity index (χ1n) is 23.1. The van der Waals surface area contributed by atoms with Crippen LogP contribution >= 0.6 is 0 Å². The van der Waals surface area contributed by atoms with Gasteiger partial charge in [-0.25, -0.2) is 9.13 Å². The normalized spacial score (nSPS) is 10.9. The Morgan fingerprint density at radius 3 is 0.796 bits per heavy atom. The Morgan fingerprint density at radius 2 is 0.537 bits per heavy atom. The number of aryl methyl sites for hydroxylation is 2. The molecule has 54 heavy (non-hydrogen) atoms. The molecule has 0 atom stereocenters. The molecule has 0 fully saturated rings. The number of aromatic nitrogens is 2. The van der Waals surface area contributed by atoms with Gasteiger partial charge in [0.25, 0.3) is 0 Å². The second kappa shape index (κ2) is 41.5. The molecule has 0 saturated carbocycles. The quantitative estimate of drug-likeness (QED) is 0.0500. The molecule has 2 aromatic rings. The van der Waals surface area contributed by atoms with E-state index in [1.54, 1.807) is 0 Å². The fourth-order valence-corrected chi connectivity index (χ4v) is 7.29. The zero-order valence-electron chi connectivity index (χ0n) is 35.5.